The van der Waals surface area contributed by atoms with Gasteiger partial charge >= 0.3 is 6.09 Å². The molecule has 30 heavy (non-hydrogen) atoms. The molecule has 0 bridgehead atoms. The minimum absolute atomic E-state index is 0.119. The van der Waals surface area contributed by atoms with Gasteiger partial charge in [-0.3, -0.25) is 4.79 Å². The normalized spacial score (nSPS) is 21.5. The SMILES string of the molecule is Cc1cc2ncn(C[C@@H](O)CN3C(=O)O[C@@]4(CCc5ccccc54)C3=O)c2cc1C. The first-order valence-corrected chi connectivity index (χ1v) is 10.1. The van der Waals surface area contributed by atoms with Gasteiger partial charge in [-0.2, -0.15) is 0 Å². The van der Waals surface area contributed by atoms with Gasteiger partial charge in [0.2, 0.25) is 5.60 Å². The van der Waals surface area contributed by atoms with E-state index in [2.05, 4.69) is 4.98 Å². The van der Waals surface area contributed by atoms with Crippen LogP contribution >= 0.6 is 0 Å². The van der Waals surface area contributed by atoms with Gasteiger partial charge in [-0.05, 0) is 49.1 Å². The Hall–Kier alpha value is -3.19. The maximum atomic E-state index is 13.2. The standard InChI is InChI=1S/C23H23N3O4/c1-14-9-19-20(10-15(14)2)25(13-24-19)11-17(27)12-26-21(28)23(30-22(26)29)8-7-16-5-3-4-6-18(16)23/h3-6,9-10,13,17,27H,7-8,11-12H2,1-2H3/t17-,23-/m1/s1. The van der Waals surface area contributed by atoms with Gasteiger partial charge in [0.15, 0.2) is 0 Å². The molecule has 2 aliphatic rings. The molecule has 7 heteroatoms. The molecule has 1 fully saturated rings. The van der Waals surface area contributed by atoms with Gasteiger partial charge in [-0.15, -0.1) is 0 Å². The lowest BCUT2D eigenvalue weighted by molar-refractivity contribution is -0.138. The van der Waals surface area contributed by atoms with Gasteiger partial charge in [-0.25, -0.2) is 14.7 Å². The molecule has 1 aliphatic carbocycles. The van der Waals surface area contributed by atoms with Crippen LogP contribution < -0.4 is 0 Å². The van der Waals surface area contributed by atoms with Crippen LogP contribution in [-0.2, 0) is 28.1 Å². The molecule has 1 aliphatic heterocycles. The Morgan fingerprint density at radius 3 is 2.77 bits per heavy atom. The number of aromatic nitrogens is 2. The minimum Gasteiger partial charge on any atom is -0.427 e. The summed E-state index contributed by atoms with van der Waals surface area (Å²) in [5.74, 6) is -0.390. The van der Waals surface area contributed by atoms with Crippen LogP contribution in [0.2, 0.25) is 0 Å². The molecule has 0 saturated carbocycles. The summed E-state index contributed by atoms with van der Waals surface area (Å²) >= 11 is 0. The molecule has 5 rings (SSSR count). The van der Waals surface area contributed by atoms with E-state index in [0.717, 1.165) is 38.2 Å². The van der Waals surface area contributed by atoms with Crippen molar-refractivity contribution in [3.05, 3.63) is 65.0 Å². The van der Waals surface area contributed by atoms with Crippen LogP contribution in [0.4, 0.5) is 4.79 Å². The Bertz CT molecular complexity index is 1180. The number of aliphatic hydroxyl groups excluding tert-OH is 1. The predicted octanol–water partition coefficient (Wildman–Crippen LogP) is 2.83. The highest BCUT2D eigenvalue weighted by atomic mass is 16.6. The van der Waals surface area contributed by atoms with E-state index in [9.17, 15) is 14.7 Å². The Balaban J connectivity index is 1.36. The van der Waals surface area contributed by atoms with Crippen LogP contribution in [0.1, 0.15) is 28.7 Å². The number of fused-ring (bicyclic) bond motifs is 3. The van der Waals surface area contributed by atoms with Crippen molar-refractivity contribution < 1.29 is 19.4 Å². The lowest BCUT2D eigenvalue weighted by Gasteiger charge is -2.21. The van der Waals surface area contributed by atoms with Crippen molar-refractivity contribution in [1.82, 2.24) is 14.5 Å². The smallest absolute Gasteiger partial charge is 0.418 e. The van der Waals surface area contributed by atoms with Crippen molar-refractivity contribution in [1.29, 1.82) is 0 Å². The number of carbonyl (C=O) groups is 2. The Morgan fingerprint density at radius 2 is 1.93 bits per heavy atom. The molecule has 1 spiro atoms. The molecule has 2 heterocycles. The highest BCUT2D eigenvalue weighted by Crippen LogP contribution is 2.45. The lowest BCUT2D eigenvalue weighted by Crippen LogP contribution is -2.42. The molecular weight excluding hydrogens is 382 g/mol. The summed E-state index contributed by atoms with van der Waals surface area (Å²) in [5, 5.41) is 10.7. The number of amides is 2. The highest BCUT2D eigenvalue weighted by Gasteiger charge is 2.58. The number of rotatable bonds is 4. The average Bonchev–Trinajstić information content (AvgIpc) is 3.35. The molecule has 1 aromatic heterocycles. The zero-order valence-corrected chi connectivity index (χ0v) is 17.0. The third-order valence-corrected chi connectivity index (χ3v) is 6.31. The average molecular weight is 405 g/mol. The fourth-order valence-electron chi connectivity index (χ4n) is 4.57. The third kappa shape index (κ3) is 2.73. The maximum Gasteiger partial charge on any atom is 0.418 e. The van der Waals surface area contributed by atoms with Crippen molar-refractivity contribution in [3.8, 4) is 0 Å². The number of benzene rings is 2. The topological polar surface area (TPSA) is 84.7 Å². The summed E-state index contributed by atoms with van der Waals surface area (Å²) < 4.78 is 7.45. The number of β-amino-alcohol motifs (C(OH)–C–C–N with tert-alkyl or cyclic N) is 1. The van der Waals surface area contributed by atoms with Gasteiger partial charge in [0, 0.05) is 12.0 Å². The fraction of sp³-hybridized carbons (Fsp3) is 0.348. The molecule has 154 valence electrons. The highest BCUT2D eigenvalue weighted by molar-refractivity contribution is 6.04. The van der Waals surface area contributed by atoms with Gasteiger partial charge in [0.1, 0.15) is 0 Å². The molecule has 7 nitrogen and oxygen atoms in total. The molecular formula is C23H23N3O4. The molecule has 2 aromatic carbocycles. The summed E-state index contributed by atoms with van der Waals surface area (Å²) in [5.41, 5.74) is 4.59. The van der Waals surface area contributed by atoms with E-state index in [1.165, 1.54) is 0 Å². The second kappa shape index (κ2) is 6.67. The first-order chi connectivity index (χ1) is 14.4. The predicted molar refractivity (Wildman–Crippen MR) is 110 cm³/mol. The lowest BCUT2D eigenvalue weighted by atomic mass is 9.95. The van der Waals surface area contributed by atoms with Crippen LogP contribution in [0.15, 0.2) is 42.7 Å². The van der Waals surface area contributed by atoms with E-state index >= 15 is 0 Å². The molecule has 0 radical (unpaired) electrons. The van der Waals surface area contributed by atoms with Crippen LogP contribution in [0.25, 0.3) is 11.0 Å². The van der Waals surface area contributed by atoms with Crippen LogP contribution in [-0.4, -0.2) is 44.2 Å². The van der Waals surface area contributed by atoms with E-state index in [-0.39, 0.29) is 13.1 Å². The summed E-state index contributed by atoms with van der Waals surface area (Å²) in [6.07, 6.45) is 1.16. The summed E-state index contributed by atoms with van der Waals surface area (Å²) in [4.78, 5) is 31.2. The first-order valence-electron chi connectivity index (χ1n) is 10.1. The number of aryl methyl sites for hydroxylation is 3. The van der Waals surface area contributed by atoms with Crippen LogP contribution in [0.5, 0.6) is 0 Å². The molecule has 0 unspecified atom stereocenters. The second-order valence-corrected chi connectivity index (χ2v) is 8.24. The number of ether oxygens (including phenoxy) is 1. The Labute approximate surface area is 173 Å². The number of nitrogens with zero attached hydrogens (tertiary/aromatic N) is 3. The van der Waals surface area contributed by atoms with Gasteiger partial charge < -0.3 is 14.4 Å². The molecule has 1 saturated heterocycles. The van der Waals surface area contributed by atoms with E-state index in [4.69, 9.17) is 4.74 Å². The third-order valence-electron chi connectivity index (χ3n) is 6.31. The molecule has 1 N–H and O–H groups in total. The monoisotopic (exact) mass is 405 g/mol. The number of hydrogen-bond donors (Lipinski definition) is 1. The van der Waals surface area contributed by atoms with Crippen molar-refractivity contribution in [2.75, 3.05) is 6.54 Å². The van der Waals surface area contributed by atoms with Crippen molar-refractivity contribution in [3.63, 3.8) is 0 Å². The quantitative estimate of drug-likeness (QED) is 0.722. The number of hydrogen-bond acceptors (Lipinski definition) is 5. The van der Waals surface area contributed by atoms with Gasteiger partial charge in [0.05, 0.1) is 36.6 Å². The van der Waals surface area contributed by atoms with Crippen molar-refractivity contribution in [2.24, 2.45) is 0 Å². The van der Waals surface area contributed by atoms with E-state index in [1.54, 1.807) is 6.33 Å². The summed E-state index contributed by atoms with van der Waals surface area (Å²) in [6.45, 7) is 4.16. The minimum atomic E-state index is -1.25. The number of aliphatic hydroxyl groups is 1. The van der Waals surface area contributed by atoms with Crippen molar-refractivity contribution in [2.45, 2.75) is 44.9 Å². The first kappa shape index (κ1) is 18.8. The van der Waals surface area contributed by atoms with E-state index < -0.39 is 23.7 Å². The summed E-state index contributed by atoms with van der Waals surface area (Å²) in [7, 11) is 0. The maximum absolute atomic E-state index is 13.2. The zero-order valence-electron chi connectivity index (χ0n) is 17.0. The summed E-state index contributed by atoms with van der Waals surface area (Å²) in [6, 6.07) is 11.6. The van der Waals surface area contributed by atoms with Crippen LogP contribution in [0.3, 0.4) is 0 Å². The Morgan fingerprint density at radius 1 is 1.17 bits per heavy atom. The zero-order chi connectivity index (χ0) is 21.0. The molecule has 2 atom stereocenters. The van der Waals surface area contributed by atoms with Gasteiger partial charge in [0.25, 0.3) is 5.91 Å². The van der Waals surface area contributed by atoms with E-state index in [0.29, 0.717) is 12.8 Å². The van der Waals surface area contributed by atoms with Gasteiger partial charge in [-0.1, -0.05) is 24.3 Å². The molecule has 2 amide bonds. The number of carbonyl (C=O) groups excluding carboxylic acids is 2. The van der Waals surface area contributed by atoms with E-state index in [1.807, 2.05) is 54.8 Å². The number of imidazole rings is 1. The largest absolute Gasteiger partial charge is 0.427 e. The van der Waals surface area contributed by atoms with Crippen molar-refractivity contribution >= 4 is 23.0 Å². The second-order valence-electron chi connectivity index (χ2n) is 8.24. The Kier molecular flexibility index (Phi) is 4.18. The van der Waals surface area contributed by atoms with Crippen LogP contribution in [0, 0.1) is 13.8 Å². The number of imide groups is 1. The fourth-order valence-corrected chi connectivity index (χ4v) is 4.57. The molecule has 3 aromatic rings.